The van der Waals surface area contributed by atoms with Crippen LogP contribution in [0.25, 0.3) is 0 Å². The van der Waals surface area contributed by atoms with E-state index in [1.807, 2.05) is 0 Å². The highest BCUT2D eigenvalue weighted by molar-refractivity contribution is 9.08. The Hall–Kier alpha value is -0.0300. The summed E-state index contributed by atoms with van der Waals surface area (Å²) in [6.07, 6.45) is 0. The minimum Gasteiger partial charge on any atom is -0.395 e. The van der Waals surface area contributed by atoms with E-state index in [1.54, 1.807) is 11.9 Å². The molecule has 2 nitrogen and oxygen atoms in total. The second kappa shape index (κ2) is 7.28. The molecule has 15 heavy (non-hydrogen) atoms. The third kappa shape index (κ3) is 4.55. The van der Waals surface area contributed by atoms with Crippen LogP contribution in [0.1, 0.15) is 12.5 Å². The lowest BCUT2D eigenvalue weighted by Gasteiger charge is -2.17. The second-order valence-electron chi connectivity index (χ2n) is 3.11. The van der Waals surface area contributed by atoms with Gasteiger partial charge in [0.05, 0.1) is 6.61 Å². The van der Waals surface area contributed by atoms with Crippen molar-refractivity contribution >= 4 is 27.9 Å². The molecule has 0 saturated carbocycles. The molecule has 0 atom stereocenters. The van der Waals surface area contributed by atoms with E-state index in [1.165, 1.54) is 10.5 Å². The first-order chi connectivity index (χ1) is 7.30. The summed E-state index contributed by atoms with van der Waals surface area (Å²) in [4.78, 5) is 1.22. The minimum absolute atomic E-state index is 0.209. The van der Waals surface area contributed by atoms with Crippen LogP contribution in [-0.4, -0.2) is 29.1 Å². The summed E-state index contributed by atoms with van der Waals surface area (Å²) < 4.78 is 2.14. The molecule has 0 aliphatic carbocycles. The predicted octanol–water partition coefficient (Wildman–Crippen LogP) is 2.90. The van der Waals surface area contributed by atoms with Gasteiger partial charge in [0, 0.05) is 23.3 Å². The molecular formula is C11H16BrNOS. The summed E-state index contributed by atoms with van der Waals surface area (Å²) in [6.45, 7) is 3.95. The Morgan fingerprint density at radius 3 is 2.47 bits per heavy atom. The molecule has 0 aromatic heterocycles. The van der Waals surface area contributed by atoms with Crippen molar-refractivity contribution in [2.24, 2.45) is 0 Å². The zero-order valence-electron chi connectivity index (χ0n) is 8.82. The van der Waals surface area contributed by atoms with Crippen LogP contribution in [-0.2, 0) is 5.33 Å². The van der Waals surface area contributed by atoms with Gasteiger partial charge in [-0.1, -0.05) is 35.0 Å². The maximum absolute atomic E-state index is 8.87. The van der Waals surface area contributed by atoms with E-state index in [9.17, 15) is 0 Å². The fraction of sp³-hybridized carbons (Fsp3) is 0.455. The van der Waals surface area contributed by atoms with Gasteiger partial charge in [-0.25, -0.2) is 4.31 Å². The zero-order valence-corrected chi connectivity index (χ0v) is 11.2. The predicted molar refractivity (Wildman–Crippen MR) is 69.3 cm³/mol. The Bertz CT molecular complexity index is 278. The molecule has 0 amide bonds. The van der Waals surface area contributed by atoms with Crippen molar-refractivity contribution in [1.82, 2.24) is 4.31 Å². The number of likely N-dealkylation sites (N-methyl/N-ethyl adjacent to an activating group) is 1. The number of rotatable bonds is 6. The lowest BCUT2D eigenvalue weighted by Crippen LogP contribution is -2.18. The molecule has 1 aromatic rings. The smallest absolute Gasteiger partial charge is 0.0568 e. The quantitative estimate of drug-likeness (QED) is 0.643. The topological polar surface area (TPSA) is 23.5 Å². The summed E-state index contributed by atoms with van der Waals surface area (Å²) in [5.74, 6) is 0. The molecule has 4 heteroatoms. The number of halogens is 1. The summed E-state index contributed by atoms with van der Waals surface area (Å²) in [5.41, 5.74) is 1.28. The normalized spacial score (nSPS) is 10.9. The number of hydrogen-bond acceptors (Lipinski definition) is 3. The molecule has 84 valence electrons. The van der Waals surface area contributed by atoms with E-state index >= 15 is 0 Å². The number of hydrogen-bond donors (Lipinski definition) is 1. The average molecular weight is 290 g/mol. The van der Waals surface area contributed by atoms with E-state index in [0.717, 1.165) is 11.9 Å². The van der Waals surface area contributed by atoms with Crippen LogP contribution in [0.5, 0.6) is 0 Å². The first-order valence-electron chi connectivity index (χ1n) is 4.98. The first kappa shape index (κ1) is 13.0. The molecule has 0 unspecified atom stereocenters. The molecule has 1 N–H and O–H groups in total. The zero-order chi connectivity index (χ0) is 11.1. The molecule has 0 saturated heterocycles. The highest BCUT2D eigenvalue weighted by Crippen LogP contribution is 2.22. The van der Waals surface area contributed by atoms with Gasteiger partial charge in [0.1, 0.15) is 0 Å². The first-order valence-corrected chi connectivity index (χ1v) is 6.88. The van der Waals surface area contributed by atoms with Crippen molar-refractivity contribution in [3.05, 3.63) is 29.8 Å². The van der Waals surface area contributed by atoms with Crippen LogP contribution in [0.4, 0.5) is 0 Å². The third-order valence-corrected chi connectivity index (χ3v) is 3.84. The monoisotopic (exact) mass is 289 g/mol. The maximum Gasteiger partial charge on any atom is 0.0568 e. The SMILES string of the molecule is CCN(CCO)Sc1ccc(CBr)cc1. The fourth-order valence-electron chi connectivity index (χ4n) is 1.17. The van der Waals surface area contributed by atoms with Gasteiger partial charge in [0.15, 0.2) is 0 Å². The van der Waals surface area contributed by atoms with E-state index in [4.69, 9.17) is 5.11 Å². The minimum atomic E-state index is 0.209. The number of alkyl halides is 1. The lowest BCUT2D eigenvalue weighted by atomic mass is 10.2. The van der Waals surface area contributed by atoms with Gasteiger partial charge in [-0.3, -0.25) is 0 Å². The summed E-state index contributed by atoms with van der Waals surface area (Å²) in [7, 11) is 0. The molecule has 0 spiro atoms. The van der Waals surface area contributed by atoms with Gasteiger partial charge in [0.2, 0.25) is 0 Å². The van der Waals surface area contributed by atoms with Crippen LogP contribution in [0, 0.1) is 0 Å². The lowest BCUT2D eigenvalue weighted by molar-refractivity contribution is 0.264. The standard InChI is InChI=1S/C11H16BrNOS/c1-2-13(7-8-14)15-11-5-3-10(9-12)4-6-11/h3-6,14H,2,7-9H2,1H3. The second-order valence-corrected chi connectivity index (χ2v) is 4.85. The molecule has 1 aromatic carbocycles. The molecule has 0 heterocycles. The van der Waals surface area contributed by atoms with Gasteiger partial charge in [0.25, 0.3) is 0 Å². The van der Waals surface area contributed by atoms with Gasteiger partial charge in [-0.15, -0.1) is 0 Å². The summed E-state index contributed by atoms with van der Waals surface area (Å²) >= 11 is 5.11. The number of benzene rings is 1. The summed E-state index contributed by atoms with van der Waals surface area (Å²) in [5, 5.41) is 9.76. The van der Waals surface area contributed by atoms with E-state index < -0.39 is 0 Å². The van der Waals surface area contributed by atoms with Gasteiger partial charge < -0.3 is 5.11 Å². The molecule has 0 radical (unpaired) electrons. The van der Waals surface area contributed by atoms with Crippen LogP contribution in [0.3, 0.4) is 0 Å². The molecule has 0 aliphatic heterocycles. The molecule has 0 fully saturated rings. The van der Waals surface area contributed by atoms with Gasteiger partial charge in [-0.2, -0.15) is 0 Å². The van der Waals surface area contributed by atoms with E-state index in [0.29, 0.717) is 6.54 Å². The van der Waals surface area contributed by atoms with Crippen molar-refractivity contribution in [1.29, 1.82) is 0 Å². The van der Waals surface area contributed by atoms with Gasteiger partial charge in [-0.05, 0) is 29.6 Å². The highest BCUT2D eigenvalue weighted by Gasteiger charge is 2.03. The third-order valence-electron chi connectivity index (χ3n) is 2.01. The molecule has 0 aliphatic rings. The Labute approximate surface area is 104 Å². The average Bonchev–Trinajstić information content (AvgIpc) is 2.29. The largest absolute Gasteiger partial charge is 0.395 e. The van der Waals surface area contributed by atoms with Crippen LogP contribution < -0.4 is 0 Å². The molecular weight excluding hydrogens is 274 g/mol. The number of nitrogens with zero attached hydrogens (tertiary/aromatic N) is 1. The Morgan fingerprint density at radius 1 is 1.33 bits per heavy atom. The van der Waals surface area contributed by atoms with Crippen LogP contribution in [0.15, 0.2) is 29.2 Å². The highest BCUT2D eigenvalue weighted by atomic mass is 79.9. The van der Waals surface area contributed by atoms with E-state index in [-0.39, 0.29) is 6.61 Å². The molecule has 0 bridgehead atoms. The van der Waals surface area contributed by atoms with Crippen LogP contribution >= 0.6 is 27.9 Å². The molecule has 1 rings (SSSR count). The Balaban J connectivity index is 2.55. The Kier molecular flexibility index (Phi) is 6.32. The van der Waals surface area contributed by atoms with Crippen molar-refractivity contribution in [2.75, 3.05) is 19.7 Å². The number of aliphatic hydroxyl groups is 1. The van der Waals surface area contributed by atoms with Crippen molar-refractivity contribution in [3.63, 3.8) is 0 Å². The maximum atomic E-state index is 8.87. The summed E-state index contributed by atoms with van der Waals surface area (Å²) in [6, 6.07) is 8.45. The fourth-order valence-corrected chi connectivity index (χ4v) is 2.40. The Morgan fingerprint density at radius 2 is 2.00 bits per heavy atom. The van der Waals surface area contributed by atoms with Crippen LogP contribution in [0.2, 0.25) is 0 Å². The van der Waals surface area contributed by atoms with Crippen molar-refractivity contribution < 1.29 is 5.11 Å². The van der Waals surface area contributed by atoms with Crippen molar-refractivity contribution in [2.45, 2.75) is 17.1 Å². The van der Waals surface area contributed by atoms with Crippen molar-refractivity contribution in [3.8, 4) is 0 Å². The van der Waals surface area contributed by atoms with Gasteiger partial charge >= 0.3 is 0 Å². The van der Waals surface area contributed by atoms with E-state index in [2.05, 4.69) is 51.4 Å². The number of aliphatic hydroxyl groups excluding tert-OH is 1.